The monoisotopic (exact) mass is 421 g/mol. The van der Waals surface area contributed by atoms with Gasteiger partial charge in [-0.25, -0.2) is 4.98 Å². The Balaban J connectivity index is 1.34. The number of hydrogen-bond donors (Lipinski definition) is 0. The zero-order valence-electron chi connectivity index (χ0n) is 16.2. The highest BCUT2D eigenvalue weighted by atomic mass is 35.5. The van der Waals surface area contributed by atoms with E-state index in [1.54, 1.807) is 46.2 Å². The van der Waals surface area contributed by atoms with Crippen molar-refractivity contribution in [2.24, 2.45) is 0 Å². The van der Waals surface area contributed by atoms with Crippen molar-refractivity contribution in [3.63, 3.8) is 0 Å². The summed E-state index contributed by atoms with van der Waals surface area (Å²) >= 11 is 5.98. The van der Waals surface area contributed by atoms with Crippen LogP contribution in [0, 0.1) is 0 Å². The number of pyridine rings is 1. The van der Waals surface area contributed by atoms with Crippen LogP contribution in [0.1, 0.15) is 20.7 Å². The third-order valence-corrected chi connectivity index (χ3v) is 5.11. The highest BCUT2D eigenvalue weighted by molar-refractivity contribution is 6.30. The largest absolute Gasteiger partial charge is 0.439 e. The number of ether oxygens (including phenoxy) is 1. The third kappa shape index (κ3) is 4.60. The fourth-order valence-electron chi connectivity index (χ4n) is 3.28. The van der Waals surface area contributed by atoms with Crippen LogP contribution in [-0.2, 0) is 0 Å². The number of rotatable bonds is 4. The fourth-order valence-corrected chi connectivity index (χ4v) is 3.47. The maximum absolute atomic E-state index is 12.8. The lowest BCUT2D eigenvalue weighted by Gasteiger charge is -2.34. The highest BCUT2D eigenvalue weighted by Crippen LogP contribution is 2.20. The second-order valence-corrected chi connectivity index (χ2v) is 7.33. The first-order valence-corrected chi connectivity index (χ1v) is 10.0. The molecule has 4 rings (SSSR count). The molecular formula is C23H20ClN3O3. The van der Waals surface area contributed by atoms with Crippen molar-refractivity contribution < 1.29 is 14.3 Å². The summed E-state index contributed by atoms with van der Waals surface area (Å²) in [5, 5.41) is 0.529. The summed E-state index contributed by atoms with van der Waals surface area (Å²) in [5.74, 6) is 0.927. The third-order valence-electron chi connectivity index (χ3n) is 4.87. The van der Waals surface area contributed by atoms with Gasteiger partial charge in [0.25, 0.3) is 11.8 Å². The molecule has 7 heteroatoms. The Labute approximate surface area is 179 Å². The molecule has 0 unspecified atom stereocenters. The molecule has 1 saturated heterocycles. The molecule has 0 radical (unpaired) electrons. The molecule has 2 heterocycles. The molecule has 0 spiro atoms. The predicted octanol–water partition coefficient (Wildman–Crippen LogP) is 4.13. The van der Waals surface area contributed by atoms with E-state index < -0.39 is 0 Å². The Hall–Kier alpha value is -3.38. The number of carbonyl (C=O) groups is 2. The molecule has 1 aliphatic rings. The minimum Gasteiger partial charge on any atom is -0.439 e. The van der Waals surface area contributed by atoms with Gasteiger partial charge in [0, 0.05) is 49.0 Å². The summed E-state index contributed by atoms with van der Waals surface area (Å²) in [5.41, 5.74) is 1.05. The molecular weight excluding hydrogens is 402 g/mol. The Morgan fingerprint density at radius 1 is 0.800 bits per heavy atom. The van der Waals surface area contributed by atoms with Crippen molar-refractivity contribution in [2.75, 3.05) is 26.2 Å². The lowest BCUT2D eigenvalue weighted by molar-refractivity contribution is 0.0535. The topological polar surface area (TPSA) is 62.7 Å². The van der Waals surface area contributed by atoms with Crippen LogP contribution < -0.4 is 4.74 Å². The summed E-state index contributed by atoms with van der Waals surface area (Å²) in [6.07, 6.45) is 1.52. The van der Waals surface area contributed by atoms with Crippen LogP contribution in [0.4, 0.5) is 0 Å². The van der Waals surface area contributed by atoms with Gasteiger partial charge in [-0.2, -0.15) is 0 Å². The number of amides is 2. The van der Waals surface area contributed by atoms with Crippen molar-refractivity contribution in [1.29, 1.82) is 0 Å². The molecule has 30 heavy (non-hydrogen) atoms. The zero-order chi connectivity index (χ0) is 20.9. The van der Waals surface area contributed by atoms with Crippen LogP contribution >= 0.6 is 11.6 Å². The molecule has 0 N–H and O–H groups in total. The van der Waals surface area contributed by atoms with Crippen molar-refractivity contribution in [3.05, 3.63) is 89.1 Å². The van der Waals surface area contributed by atoms with Crippen molar-refractivity contribution >= 4 is 23.4 Å². The van der Waals surface area contributed by atoms with E-state index >= 15 is 0 Å². The Morgan fingerprint density at radius 2 is 1.47 bits per heavy atom. The van der Waals surface area contributed by atoms with Crippen LogP contribution in [0.2, 0.25) is 5.02 Å². The molecule has 2 amide bonds. The minimum absolute atomic E-state index is 0.0753. The summed E-state index contributed by atoms with van der Waals surface area (Å²) in [4.78, 5) is 33.1. The molecule has 1 fully saturated rings. The van der Waals surface area contributed by atoms with Crippen molar-refractivity contribution in [3.8, 4) is 11.6 Å². The van der Waals surface area contributed by atoms with Crippen LogP contribution in [0.5, 0.6) is 11.6 Å². The summed E-state index contributed by atoms with van der Waals surface area (Å²) in [7, 11) is 0. The van der Waals surface area contributed by atoms with Gasteiger partial charge in [-0.05, 0) is 36.4 Å². The molecule has 0 atom stereocenters. The van der Waals surface area contributed by atoms with Gasteiger partial charge in [-0.15, -0.1) is 0 Å². The van der Waals surface area contributed by atoms with Crippen molar-refractivity contribution in [1.82, 2.24) is 14.8 Å². The molecule has 2 aromatic carbocycles. The number of piperazine rings is 1. The SMILES string of the molecule is O=C(c1ccc(Oc2ccccc2)nc1)N1CCN(C(=O)c2cccc(Cl)c2)CC1. The average molecular weight is 422 g/mol. The highest BCUT2D eigenvalue weighted by Gasteiger charge is 2.25. The van der Waals surface area contributed by atoms with Crippen LogP contribution in [0.15, 0.2) is 72.9 Å². The maximum Gasteiger partial charge on any atom is 0.255 e. The number of aromatic nitrogens is 1. The molecule has 1 aromatic heterocycles. The zero-order valence-corrected chi connectivity index (χ0v) is 17.0. The normalized spacial score (nSPS) is 13.8. The Morgan fingerprint density at radius 3 is 2.07 bits per heavy atom. The maximum atomic E-state index is 12.8. The predicted molar refractivity (Wildman–Crippen MR) is 114 cm³/mol. The summed E-state index contributed by atoms with van der Waals surface area (Å²) < 4.78 is 5.66. The van der Waals surface area contributed by atoms with E-state index in [9.17, 15) is 9.59 Å². The number of benzene rings is 2. The van der Waals surface area contributed by atoms with Gasteiger partial charge >= 0.3 is 0 Å². The van der Waals surface area contributed by atoms with Gasteiger partial charge in [0.15, 0.2) is 0 Å². The van der Waals surface area contributed by atoms with E-state index in [2.05, 4.69) is 4.98 Å². The van der Waals surface area contributed by atoms with Crippen molar-refractivity contribution in [2.45, 2.75) is 0 Å². The van der Waals surface area contributed by atoms with Gasteiger partial charge in [0.1, 0.15) is 5.75 Å². The number of para-hydroxylation sites is 1. The number of nitrogens with zero attached hydrogens (tertiary/aromatic N) is 3. The van der Waals surface area contributed by atoms with Gasteiger partial charge in [-0.1, -0.05) is 35.9 Å². The first-order valence-electron chi connectivity index (χ1n) is 9.63. The molecule has 0 bridgehead atoms. The van der Waals surface area contributed by atoms with E-state index in [1.807, 2.05) is 30.3 Å². The average Bonchev–Trinajstić information content (AvgIpc) is 2.79. The van der Waals surface area contributed by atoms with Gasteiger partial charge in [0.05, 0.1) is 5.56 Å². The fraction of sp³-hybridized carbons (Fsp3) is 0.174. The summed E-state index contributed by atoms with van der Waals surface area (Å²) in [6, 6.07) is 19.6. The molecule has 6 nitrogen and oxygen atoms in total. The number of carbonyl (C=O) groups excluding carboxylic acids is 2. The first kappa shape index (κ1) is 19.9. The molecule has 1 aliphatic heterocycles. The molecule has 0 saturated carbocycles. The van der Waals surface area contributed by atoms with E-state index in [-0.39, 0.29) is 11.8 Å². The van der Waals surface area contributed by atoms with E-state index in [0.29, 0.717) is 54.0 Å². The van der Waals surface area contributed by atoms with E-state index in [4.69, 9.17) is 16.3 Å². The van der Waals surface area contributed by atoms with Crippen LogP contribution in [0.25, 0.3) is 0 Å². The van der Waals surface area contributed by atoms with E-state index in [1.165, 1.54) is 6.20 Å². The van der Waals surface area contributed by atoms with Gasteiger partial charge in [-0.3, -0.25) is 9.59 Å². The second-order valence-electron chi connectivity index (χ2n) is 6.89. The Bertz CT molecular complexity index is 1030. The Kier molecular flexibility index (Phi) is 5.95. The van der Waals surface area contributed by atoms with Gasteiger partial charge in [0.2, 0.25) is 5.88 Å². The number of hydrogen-bond acceptors (Lipinski definition) is 4. The lowest BCUT2D eigenvalue weighted by Crippen LogP contribution is -2.50. The van der Waals surface area contributed by atoms with E-state index in [0.717, 1.165) is 0 Å². The van der Waals surface area contributed by atoms with Gasteiger partial charge < -0.3 is 14.5 Å². The van der Waals surface area contributed by atoms with Crippen LogP contribution in [-0.4, -0.2) is 52.8 Å². The number of halogens is 1. The first-order chi connectivity index (χ1) is 14.6. The molecule has 0 aliphatic carbocycles. The lowest BCUT2D eigenvalue weighted by atomic mass is 10.1. The minimum atomic E-state index is -0.108. The molecule has 3 aromatic rings. The summed E-state index contributed by atoms with van der Waals surface area (Å²) in [6.45, 7) is 1.88. The van der Waals surface area contributed by atoms with Crippen LogP contribution in [0.3, 0.4) is 0 Å². The second kappa shape index (κ2) is 8.97. The quantitative estimate of drug-likeness (QED) is 0.635. The smallest absolute Gasteiger partial charge is 0.255 e. The standard InChI is InChI=1S/C23H20ClN3O3/c24-19-6-4-5-17(15-19)22(28)26-11-13-27(14-12-26)23(29)18-9-10-21(25-16-18)30-20-7-2-1-3-8-20/h1-10,15-16H,11-14H2. The molecule has 152 valence electrons.